The minimum absolute atomic E-state index is 0.226. The molecule has 1 unspecified atom stereocenters. The van der Waals surface area contributed by atoms with Gasteiger partial charge in [0.15, 0.2) is 0 Å². The molecule has 1 aromatic rings. The van der Waals surface area contributed by atoms with E-state index in [2.05, 4.69) is 33.4 Å². The number of nitrogens with one attached hydrogen (secondary N) is 1. The molecular weight excluding hydrogens is 297 g/mol. The van der Waals surface area contributed by atoms with Crippen LogP contribution in [0.3, 0.4) is 0 Å². The molecule has 1 aliphatic carbocycles. The van der Waals surface area contributed by atoms with E-state index in [4.69, 9.17) is 0 Å². The number of carbonyl (C=O) groups is 1. The number of benzene rings is 1. The van der Waals surface area contributed by atoms with Gasteiger partial charge in [-0.05, 0) is 53.2 Å². The molecule has 0 heterocycles. The Kier molecular flexibility index (Phi) is 4.53. The summed E-state index contributed by atoms with van der Waals surface area (Å²) in [5, 5.41) is 2.87. The highest BCUT2D eigenvalue weighted by molar-refractivity contribution is 9.10. The van der Waals surface area contributed by atoms with Crippen LogP contribution in [-0.4, -0.2) is 12.5 Å². The monoisotopic (exact) mass is 311 g/mol. The number of hydrogen-bond donors (Lipinski definition) is 1. The van der Waals surface area contributed by atoms with Gasteiger partial charge in [0.05, 0.1) is 10.0 Å². The van der Waals surface area contributed by atoms with Crippen molar-refractivity contribution in [3.8, 4) is 0 Å². The van der Waals surface area contributed by atoms with Crippen LogP contribution in [-0.2, 0) is 0 Å². The predicted octanol–water partition coefficient (Wildman–Crippen LogP) is 3.67. The summed E-state index contributed by atoms with van der Waals surface area (Å²) < 4.78 is 13.5. The zero-order valence-corrected chi connectivity index (χ0v) is 11.5. The van der Waals surface area contributed by atoms with Gasteiger partial charge in [-0.3, -0.25) is 4.79 Å². The molecule has 0 spiro atoms. The summed E-state index contributed by atoms with van der Waals surface area (Å²) in [4.78, 5) is 11.9. The van der Waals surface area contributed by atoms with Crippen molar-refractivity contribution in [2.24, 2.45) is 5.92 Å². The molecule has 1 aromatic carbocycles. The number of rotatable bonds is 3. The van der Waals surface area contributed by atoms with E-state index >= 15 is 0 Å². The molecule has 1 N–H and O–H groups in total. The first-order valence-corrected chi connectivity index (χ1v) is 6.85. The van der Waals surface area contributed by atoms with Gasteiger partial charge < -0.3 is 5.32 Å². The first kappa shape index (κ1) is 13.3. The summed E-state index contributed by atoms with van der Waals surface area (Å²) in [5.74, 6) is -0.148. The van der Waals surface area contributed by atoms with Crippen LogP contribution in [0, 0.1) is 11.7 Å². The molecule has 0 fully saturated rings. The summed E-state index contributed by atoms with van der Waals surface area (Å²) in [5.41, 5.74) is 0.348. The fourth-order valence-corrected chi connectivity index (χ4v) is 2.50. The maximum absolute atomic E-state index is 13.3. The van der Waals surface area contributed by atoms with Crippen LogP contribution in [0.5, 0.6) is 0 Å². The van der Waals surface area contributed by atoms with Gasteiger partial charge in [0.25, 0.3) is 5.91 Å². The summed E-state index contributed by atoms with van der Waals surface area (Å²) in [6.45, 7) is 0.645. The fraction of sp³-hybridized carbons (Fsp3) is 0.357. The Morgan fingerprint density at radius 3 is 3.00 bits per heavy atom. The summed E-state index contributed by atoms with van der Waals surface area (Å²) in [7, 11) is 0. The number of halogens is 2. The Morgan fingerprint density at radius 2 is 2.28 bits per heavy atom. The van der Waals surface area contributed by atoms with Crippen molar-refractivity contribution in [3.05, 3.63) is 46.2 Å². The molecule has 1 atom stereocenters. The van der Waals surface area contributed by atoms with Gasteiger partial charge in [-0.25, -0.2) is 4.39 Å². The zero-order chi connectivity index (χ0) is 13.0. The van der Waals surface area contributed by atoms with Crippen molar-refractivity contribution in [2.45, 2.75) is 19.3 Å². The van der Waals surface area contributed by atoms with Gasteiger partial charge in [-0.15, -0.1) is 0 Å². The van der Waals surface area contributed by atoms with Crippen molar-refractivity contribution < 1.29 is 9.18 Å². The lowest BCUT2D eigenvalue weighted by Crippen LogP contribution is -2.30. The highest BCUT2D eigenvalue weighted by Gasteiger charge is 2.15. The van der Waals surface area contributed by atoms with E-state index in [1.54, 1.807) is 12.1 Å². The van der Waals surface area contributed by atoms with Gasteiger partial charge in [0.2, 0.25) is 0 Å². The Balaban J connectivity index is 1.95. The molecule has 0 radical (unpaired) electrons. The van der Waals surface area contributed by atoms with Crippen LogP contribution in [0.15, 0.2) is 34.8 Å². The summed E-state index contributed by atoms with van der Waals surface area (Å²) in [6, 6.07) is 4.48. The van der Waals surface area contributed by atoms with Gasteiger partial charge in [0.1, 0.15) is 5.82 Å². The smallest absolute Gasteiger partial charge is 0.252 e. The minimum Gasteiger partial charge on any atom is -0.352 e. The lowest BCUT2D eigenvalue weighted by Gasteiger charge is -2.18. The van der Waals surface area contributed by atoms with E-state index in [0.717, 1.165) is 19.3 Å². The molecule has 0 aromatic heterocycles. The van der Waals surface area contributed by atoms with Crippen LogP contribution in [0.4, 0.5) is 4.39 Å². The molecule has 96 valence electrons. The maximum atomic E-state index is 13.3. The van der Waals surface area contributed by atoms with Gasteiger partial charge in [-0.2, -0.15) is 0 Å². The third-order valence-corrected chi connectivity index (χ3v) is 3.93. The van der Waals surface area contributed by atoms with Crippen molar-refractivity contribution in [2.75, 3.05) is 6.54 Å². The Bertz CT molecular complexity index is 473. The number of allylic oxidation sites excluding steroid dienone is 2. The second-order valence-corrected chi connectivity index (χ2v) is 5.25. The normalized spacial score (nSPS) is 18.7. The van der Waals surface area contributed by atoms with E-state index < -0.39 is 5.82 Å². The largest absolute Gasteiger partial charge is 0.352 e. The number of amides is 1. The maximum Gasteiger partial charge on any atom is 0.252 e. The van der Waals surface area contributed by atoms with Crippen LogP contribution in [0.2, 0.25) is 0 Å². The Hall–Kier alpha value is -1.16. The number of hydrogen-bond acceptors (Lipinski definition) is 1. The van der Waals surface area contributed by atoms with Crippen molar-refractivity contribution >= 4 is 21.8 Å². The van der Waals surface area contributed by atoms with E-state index in [9.17, 15) is 9.18 Å². The standard InChI is InChI=1S/C14H15BrFNO/c15-13-11(7-4-8-12(13)16)14(18)17-9-10-5-2-1-3-6-10/h1-2,4,7-8,10H,3,5-6,9H2,(H,17,18). The fourth-order valence-electron chi connectivity index (χ4n) is 2.05. The lowest BCUT2D eigenvalue weighted by atomic mass is 9.94. The van der Waals surface area contributed by atoms with Crippen LogP contribution in [0.1, 0.15) is 29.6 Å². The molecule has 18 heavy (non-hydrogen) atoms. The third-order valence-electron chi connectivity index (χ3n) is 3.13. The van der Waals surface area contributed by atoms with E-state index in [1.165, 1.54) is 6.07 Å². The Labute approximate surface area is 114 Å². The first-order valence-electron chi connectivity index (χ1n) is 6.05. The summed E-state index contributed by atoms with van der Waals surface area (Å²) in [6.07, 6.45) is 7.50. The lowest BCUT2D eigenvalue weighted by molar-refractivity contribution is 0.0945. The van der Waals surface area contributed by atoms with Crippen LogP contribution >= 0.6 is 15.9 Å². The van der Waals surface area contributed by atoms with Gasteiger partial charge >= 0.3 is 0 Å². The topological polar surface area (TPSA) is 29.1 Å². The molecule has 0 aliphatic heterocycles. The van der Waals surface area contributed by atoms with Gasteiger partial charge in [0, 0.05) is 6.54 Å². The van der Waals surface area contributed by atoms with Crippen molar-refractivity contribution in [1.29, 1.82) is 0 Å². The van der Waals surface area contributed by atoms with Crippen LogP contribution < -0.4 is 5.32 Å². The predicted molar refractivity (Wildman–Crippen MR) is 72.9 cm³/mol. The quantitative estimate of drug-likeness (QED) is 0.848. The molecule has 2 nitrogen and oxygen atoms in total. The van der Waals surface area contributed by atoms with Crippen LogP contribution in [0.25, 0.3) is 0 Å². The zero-order valence-electron chi connectivity index (χ0n) is 9.96. The third kappa shape index (κ3) is 3.19. The molecule has 4 heteroatoms. The highest BCUT2D eigenvalue weighted by atomic mass is 79.9. The molecular formula is C14H15BrFNO. The highest BCUT2D eigenvalue weighted by Crippen LogP contribution is 2.21. The van der Waals surface area contributed by atoms with E-state index in [1.807, 2.05) is 0 Å². The van der Waals surface area contributed by atoms with E-state index in [-0.39, 0.29) is 10.4 Å². The van der Waals surface area contributed by atoms with Crippen molar-refractivity contribution in [3.63, 3.8) is 0 Å². The first-order chi connectivity index (χ1) is 8.68. The van der Waals surface area contributed by atoms with Crippen molar-refractivity contribution in [1.82, 2.24) is 5.32 Å². The minimum atomic E-state index is -0.414. The van der Waals surface area contributed by atoms with Gasteiger partial charge in [-0.1, -0.05) is 18.2 Å². The van der Waals surface area contributed by atoms with E-state index in [0.29, 0.717) is 18.0 Å². The Morgan fingerprint density at radius 1 is 1.44 bits per heavy atom. The SMILES string of the molecule is O=C(NCC1CC=CCC1)c1cccc(F)c1Br. The second kappa shape index (κ2) is 6.14. The molecule has 1 aliphatic rings. The number of carbonyl (C=O) groups excluding carboxylic acids is 1. The average Bonchev–Trinajstić information content (AvgIpc) is 2.40. The molecule has 0 saturated heterocycles. The molecule has 0 saturated carbocycles. The molecule has 2 rings (SSSR count). The molecule has 0 bridgehead atoms. The summed E-state index contributed by atoms with van der Waals surface area (Å²) >= 11 is 3.10. The average molecular weight is 312 g/mol. The molecule has 1 amide bonds. The second-order valence-electron chi connectivity index (χ2n) is 4.46.